The summed E-state index contributed by atoms with van der Waals surface area (Å²) in [6, 6.07) is 12.3. The van der Waals surface area contributed by atoms with Crippen molar-refractivity contribution in [3.05, 3.63) is 81.3 Å². The topological polar surface area (TPSA) is 63.7 Å². The fourth-order valence-corrected chi connectivity index (χ4v) is 4.73. The highest BCUT2D eigenvalue weighted by Crippen LogP contribution is 2.29. The van der Waals surface area contributed by atoms with Crippen molar-refractivity contribution < 1.29 is 21.8 Å². The number of nitrogens with zero attached hydrogens (tertiary/aromatic N) is 1. The predicted molar refractivity (Wildman–Crippen MR) is 120 cm³/mol. The fourth-order valence-electron chi connectivity index (χ4n) is 2.89. The van der Waals surface area contributed by atoms with Gasteiger partial charge in [-0.15, -0.1) is 11.3 Å². The summed E-state index contributed by atoms with van der Waals surface area (Å²) in [7, 11) is -4.20. The van der Waals surface area contributed by atoms with Crippen LogP contribution < -0.4 is 4.18 Å². The monoisotopic (exact) mass is 481 g/mol. The van der Waals surface area contributed by atoms with Crippen molar-refractivity contribution in [2.75, 3.05) is 0 Å². The summed E-state index contributed by atoms with van der Waals surface area (Å²) in [5.41, 5.74) is 0.448. The summed E-state index contributed by atoms with van der Waals surface area (Å²) >= 11 is 7.49. The minimum Gasteiger partial charge on any atom is -0.379 e. The molecule has 5 nitrogen and oxygen atoms in total. The molecule has 0 aliphatic rings. The van der Waals surface area contributed by atoms with Crippen LogP contribution in [0, 0.1) is 5.82 Å². The second-order valence-electron chi connectivity index (χ2n) is 6.91. The maximum absolute atomic E-state index is 13.2. The zero-order chi connectivity index (χ0) is 22.6. The molecule has 31 heavy (non-hydrogen) atoms. The van der Waals surface area contributed by atoms with Gasteiger partial charge in [-0.3, -0.25) is 4.79 Å². The molecule has 1 aromatic heterocycles. The van der Waals surface area contributed by atoms with Crippen molar-refractivity contribution in [2.45, 2.75) is 37.8 Å². The van der Waals surface area contributed by atoms with E-state index in [0.29, 0.717) is 21.9 Å². The average molecular weight is 482 g/mol. The van der Waals surface area contributed by atoms with E-state index in [1.54, 1.807) is 23.1 Å². The Hall–Kier alpha value is -2.42. The number of hydrogen-bond donors (Lipinski definition) is 0. The van der Waals surface area contributed by atoms with Gasteiger partial charge in [-0.1, -0.05) is 24.6 Å². The minimum absolute atomic E-state index is 0.0565. The van der Waals surface area contributed by atoms with Crippen LogP contribution >= 0.6 is 22.9 Å². The van der Waals surface area contributed by atoms with Crippen LogP contribution in [0.2, 0.25) is 5.02 Å². The molecule has 0 spiro atoms. The summed E-state index contributed by atoms with van der Waals surface area (Å²) in [5, 5.41) is 2.21. The van der Waals surface area contributed by atoms with E-state index in [0.717, 1.165) is 24.3 Å². The molecule has 1 amide bonds. The van der Waals surface area contributed by atoms with Crippen LogP contribution in [0.25, 0.3) is 0 Å². The van der Waals surface area contributed by atoms with E-state index >= 15 is 0 Å². The van der Waals surface area contributed by atoms with Crippen LogP contribution in [0.1, 0.15) is 35.5 Å². The molecule has 0 aliphatic carbocycles. The standard InChI is InChI=1S/C22H21ClFNO4S2/c1-3-15(2)25(22(26)21-5-4-12-30-21)14-16-13-17(23)6-11-20(16)29-31(27,28)19-9-7-18(24)8-10-19/h4-13,15H,3,14H2,1-2H3/t15-/m0/s1. The number of rotatable bonds is 8. The molecular weight excluding hydrogens is 461 g/mol. The first-order chi connectivity index (χ1) is 14.7. The SMILES string of the molecule is CC[C@H](C)N(Cc1cc(Cl)ccc1OS(=O)(=O)c1ccc(F)cc1)C(=O)c1cccs1. The lowest BCUT2D eigenvalue weighted by atomic mass is 10.1. The van der Waals surface area contributed by atoms with Gasteiger partial charge in [0, 0.05) is 16.6 Å². The first-order valence-corrected chi connectivity index (χ1v) is 12.2. The van der Waals surface area contributed by atoms with Crippen LogP contribution in [0.3, 0.4) is 0 Å². The van der Waals surface area contributed by atoms with Crippen LogP contribution in [0.15, 0.2) is 64.9 Å². The van der Waals surface area contributed by atoms with E-state index in [1.165, 1.54) is 23.5 Å². The van der Waals surface area contributed by atoms with Crippen LogP contribution in [-0.4, -0.2) is 25.3 Å². The van der Waals surface area contributed by atoms with Gasteiger partial charge >= 0.3 is 10.1 Å². The van der Waals surface area contributed by atoms with Gasteiger partial charge in [0.2, 0.25) is 0 Å². The number of carbonyl (C=O) groups is 1. The van der Waals surface area contributed by atoms with Crippen molar-refractivity contribution in [3.63, 3.8) is 0 Å². The zero-order valence-corrected chi connectivity index (χ0v) is 19.3. The predicted octanol–water partition coefficient (Wildman–Crippen LogP) is 5.75. The molecule has 3 aromatic rings. The van der Waals surface area contributed by atoms with Crippen molar-refractivity contribution >= 4 is 39.0 Å². The maximum atomic E-state index is 13.2. The van der Waals surface area contributed by atoms with Crippen LogP contribution in [0.5, 0.6) is 5.75 Å². The Kier molecular flexibility index (Phi) is 7.35. The summed E-state index contributed by atoms with van der Waals surface area (Å²) in [4.78, 5) is 15.1. The van der Waals surface area contributed by atoms with Crippen LogP contribution in [0.4, 0.5) is 4.39 Å². The molecule has 0 radical (unpaired) electrons. The number of thiophene rings is 1. The third kappa shape index (κ3) is 5.64. The second kappa shape index (κ2) is 9.80. The molecule has 1 atom stereocenters. The first kappa shape index (κ1) is 23.2. The average Bonchev–Trinajstić information content (AvgIpc) is 3.28. The fraction of sp³-hybridized carbons (Fsp3) is 0.227. The molecule has 3 rings (SSSR count). The van der Waals surface area contributed by atoms with Crippen molar-refractivity contribution in [2.24, 2.45) is 0 Å². The second-order valence-corrected chi connectivity index (χ2v) is 9.84. The lowest BCUT2D eigenvalue weighted by Crippen LogP contribution is -2.37. The number of halogens is 2. The molecule has 0 N–H and O–H groups in total. The highest BCUT2D eigenvalue weighted by atomic mass is 35.5. The molecule has 0 saturated heterocycles. The Labute approximate surface area is 190 Å². The summed E-state index contributed by atoms with van der Waals surface area (Å²) in [5.74, 6) is -0.653. The number of hydrogen-bond acceptors (Lipinski definition) is 5. The summed E-state index contributed by atoms with van der Waals surface area (Å²) in [6.07, 6.45) is 0.710. The van der Waals surface area contributed by atoms with Gasteiger partial charge in [0.25, 0.3) is 5.91 Å². The van der Waals surface area contributed by atoms with E-state index < -0.39 is 15.9 Å². The normalized spacial score (nSPS) is 12.4. The molecular formula is C22H21ClFNO4S2. The highest BCUT2D eigenvalue weighted by Gasteiger charge is 2.25. The van der Waals surface area contributed by atoms with Gasteiger partial charge in [0.05, 0.1) is 11.4 Å². The van der Waals surface area contributed by atoms with E-state index in [2.05, 4.69) is 0 Å². The van der Waals surface area contributed by atoms with Gasteiger partial charge in [0.1, 0.15) is 16.5 Å². The number of amides is 1. The number of carbonyl (C=O) groups excluding carboxylic acids is 1. The van der Waals surface area contributed by atoms with Gasteiger partial charge < -0.3 is 9.08 Å². The largest absolute Gasteiger partial charge is 0.379 e. The van der Waals surface area contributed by atoms with E-state index in [9.17, 15) is 17.6 Å². The first-order valence-electron chi connectivity index (χ1n) is 9.54. The van der Waals surface area contributed by atoms with Crippen LogP contribution in [-0.2, 0) is 16.7 Å². The minimum atomic E-state index is -4.20. The molecule has 0 bridgehead atoms. The lowest BCUT2D eigenvalue weighted by Gasteiger charge is -2.29. The zero-order valence-electron chi connectivity index (χ0n) is 16.9. The molecule has 0 fully saturated rings. The smallest absolute Gasteiger partial charge is 0.339 e. The molecule has 0 saturated carbocycles. The Morgan fingerprint density at radius 2 is 1.90 bits per heavy atom. The summed E-state index contributed by atoms with van der Waals surface area (Å²) < 4.78 is 43.9. The Balaban J connectivity index is 1.94. The third-order valence-corrected chi connectivity index (χ3v) is 7.12. The van der Waals surface area contributed by atoms with Gasteiger partial charge in [-0.05, 0) is 67.3 Å². The van der Waals surface area contributed by atoms with E-state index in [-0.39, 0.29) is 29.1 Å². The third-order valence-electron chi connectivity index (χ3n) is 4.78. The van der Waals surface area contributed by atoms with Gasteiger partial charge in [-0.25, -0.2) is 4.39 Å². The van der Waals surface area contributed by atoms with E-state index in [4.69, 9.17) is 15.8 Å². The van der Waals surface area contributed by atoms with Gasteiger partial charge in [-0.2, -0.15) is 8.42 Å². The molecule has 9 heteroatoms. The molecule has 0 aliphatic heterocycles. The quantitative estimate of drug-likeness (QED) is 0.384. The van der Waals surface area contributed by atoms with E-state index in [1.807, 2.05) is 19.2 Å². The number of benzene rings is 2. The van der Waals surface area contributed by atoms with Gasteiger partial charge in [0.15, 0.2) is 0 Å². The Bertz CT molecular complexity index is 1150. The van der Waals surface area contributed by atoms with Crippen molar-refractivity contribution in [1.29, 1.82) is 0 Å². The summed E-state index contributed by atoms with van der Waals surface area (Å²) in [6.45, 7) is 4.00. The maximum Gasteiger partial charge on any atom is 0.339 e. The molecule has 0 unspecified atom stereocenters. The Morgan fingerprint density at radius 3 is 2.52 bits per heavy atom. The molecule has 2 aromatic carbocycles. The highest BCUT2D eigenvalue weighted by molar-refractivity contribution is 7.87. The lowest BCUT2D eigenvalue weighted by molar-refractivity contribution is 0.0676. The van der Waals surface area contributed by atoms with Crippen molar-refractivity contribution in [3.8, 4) is 5.75 Å². The molecule has 164 valence electrons. The Morgan fingerprint density at radius 1 is 1.19 bits per heavy atom. The van der Waals surface area contributed by atoms with Crippen molar-refractivity contribution in [1.82, 2.24) is 4.90 Å². The molecule has 1 heterocycles.